The molecule has 1 saturated carbocycles. The van der Waals surface area contributed by atoms with Crippen LogP contribution < -0.4 is 5.73 Å². The number of carbonyl (C=O) groups excluding carboxylic acids is 1. The topological polar surface area (TPSA) is 83.6 Å². The lowest BCUT2D eigenvalue weighted by molar-refractivity contribution is -0.150. The van der Waals surface area contributed by atoms with Crippen LogP contribution in [0.2, 0.25) is 0 Å². The van der Waals surface area contributed by atoms with E-state index in [0.717, 1.165) is 19.3 Å². The Labute approximate surface area is 114 Å². The van der Waals surface area contributed by atoms with Gasteiger partial charge in [-0.15, -0.1) is 0 Å². The molecule has 0 aromatic rings. The minimum absolute atomic E-state index is 0.132. The van der Waals surface area contributed by atoms with Crippen LogP contribution in [0, 0.1) is 17.8 Å². The summed E-state index contributed by atoms with van der Waals surface area (Å²) in [6.07, 6.45) is 3.65. The maximum Gasteiger partial charge on any atom is 0.326 e. The third-order valence-corrected chi connectivity index (χ3v) is 4.47. The molecular formula is C14H24N2O3. The van der Waals surface area contributed by atoms with Gasteiger partial charge < -0.3 is 15.7 Å². The fourth-order valence-electron chi connectivity index (χ4n) is 3.67. The lowest BCUT2D eigenvalue weighted by Crippen LogP contribution is -2.50. The SMILES string of the molecule is CC(C)CC(N)C(=O)N1CC2CCCC2C1C(=O)O. The van der Waals surface area contributed by atoms with Crippen molar-refractivity contribution in [2.45, 2.75) is 51.6 Å². The zero-order chi connectivity index (χ0) is 14.2. The first-order valence-corrected chi connectivity index (χ1v) is 7.20. The number of carbonyl (C=O) groups is 2. The standard InChI is InChI=1S/C14H24N2O3/c1-8(2)6-11(15)13(17)16-7-9-4-3-5-10(9)12(16)14(18)19/h8-12H,3-7,15H2,1-2H3,(H,18,19). The fraction of sp³-hybridized carbons (Fsp3) is 0.857. The first-order chi connectivity index (χ1) is 8.91. The molecule has 1 amide bonds. The van der Waals surface area contributed by atoms with E-state index in [4.69, 9.17) is 5.73 Å². The Morgan fingerprint density at radius 3 is 2.63 bits per heavy atom. The first-order valence-electron chi connectivity index (χ1n) is 7.20. The molecule has 0 aromatic heterocycles. The van der Waals surface area contributed by atoms with Crippen molar-refractivity contribution in [1.82, 2.24) is 4.90 Å². The van der Waals surface area contributed by atoms with Crippen molar-refractivity contribution in [2.75, 3.05) is 6.54 Å². The number of carboxylic acids is 1. The number of carboxylic acid groups (broad SMARTS) is 1. The van der Waals surface area contributed by atoms with Crippen molar-refractivity contribution in [3.8, 4) is 0 Å². The molecule has 2 rings (SSSR count). The van der Waals surface area contributed by atoms with Crippen molar-refractivity contribution in [1.29, 1.82) is 0 Å². The van der Waals surface area contributed by atoms with Crippen molar-refractivity contribution in [2.24, 2.45) is 23.5 Å². The van der Waals surface area contributed by atoms with Gasteiger partial charge in [-0.2, -0.15) is 0 Å². The van der Waals surface area contributed by atoms with Gasteiger partial charge >= 0.3 is 5.97 Å². The highest BCUT2D eigenvalue weighted by Crippen LogP contribution is 2.42. The maximum absolute atomic E-state index is 12.4. The Balaban J connectivity index is 2.10. The van der Waals surface area contributed by atoms with Crippen LogP contribution in [0.15, 0.2) is 0 Å². The second-order valence-corrected chi connectivity index (χ2v) is 6.36. The molecule has 4 unspecified atom stereocenters. The molecule has 2 fully saturated rings. The molecule has 19 heavy (non-hydrogen) atoms. The number of hydrogen-bond acceptors (Lipinski definition) is 3. The van der Waals surface area contributed by atoms with Crippen LogP contribution in [-0.4, -0.2) is 40.5 Å². The molecule has 2 aliphatic rings. The highest BCUT2D eigenvalue weighted by molar-refractivity contribution is 5.87. The van der Waals surface area contributed by atoms with Gasteiger partial charge in [-0.1, -0.05) is 20.3 Å². The van der Waals surface area contributed by atoms with Gasteiger partial charge in [0.05, 0.1) is 6.04 Å². The predicted octanol–water partition coefficient (Wildman–Crippen LogP) is 1.07. The van der Waals surface area contributed by atoms with E-state index in [9.17, 15) is 14.7 Å². The summed E-state index contributed by atoms with van der Waals surface area (Å²) in [6.45, 7) is 4.60. The van der Waals surface area contributed by atoms with Crippen molar-refractivity contribution >= 4 is 11.9 Å². The largest absolute Gasteiger partial charge is 0.480 e. The van der Waals surface area contributed by atoms with E-state index in [1.165, 1.54) is 4.90 Å². The lowest BCUT2D eigenvalue weighted by atomic mass is 9.94. The van der Waals surface area contributed by atoms with E-state index in [1.54, 1.807) is 0 Å². The average molecular weight is 268 g/mol. The minimum Gasteiger partial charge on any atom is -0.480 e. The smallest absolute Gasteiger partial charge is 0.326 e. The van der Waals surface area contributed by atoms with Gasteiger partial charge in [0.1, 0.15) is 6.04 Å². The quantitative estimate of drug-likeness (QED) is 0.799. The Kier molecular flexibility index (Phi) is 4.13. The van der Waals surface area contributed by atoms with E-state index < -0.39 is 18.1 Å². The summed E-state index contributed by atoms with van der Waals surface area (Å²) < 4.78 is 0. The molecule has 0 spiro atoms. The number of amides is 1. The highest BCUT2D eigenvalue weighted by Gasteiger charge is 2.50. The lowest BCUT2D eigenvalue weighted by Gasteiger charge is -2.27. The van der Waals surface area contributed by atoms with E-state index >= 15 is 0 Å². The molecule has 1 aliphatic heterocycles. The molecule has 5 nitrogen and oxygen atoms in total. The minimum atomic E-state index is -0.875. The molecular weight excluding hydrogens is 244 g/mol. The predicted molar refractivity (Wildman–Crippen MR) is 71.4 cm³/mol. The van der Waals surface area contributed by atoms with Crippen LogP contribution in [0.4, 0.5) is 0 Å². The number of nitrogens with zero attached hydrogens (tertiary/aromatic N) is 1. The van der Waals surface area contributed by atoms with Gasteiger partial charge in [0, 0.05) is 6.54 Å². The van der Waals surface area contributed by atoms with Crippen LogP contribution in [0.5, 0.6) is 0 Å². The third-order valence-electron chi connectivity index (χ3n) is 4.47. The molecule has 1 aliphatic carbocycles. The van der Waals surface area contributed by atoms with Crippen LogP contribution in [0.1, 0.15) is 39.5 Å². The summed E-state index contributed by atoms with van der Waals surface area (Å²) in [7, 11) is 0. The molecule has 0 bridgehead atoms. The molecule has 3 N–H and O–H groups in total. The molecule has 0 radical (unpaired) electrons. The fourth-order valence-corrected chi connectivity index (χ4v) is 3.67. The van der Waals surface area contributed by atoms with Crippen LogP contribution >= 0.6 is 0 Å². The molecule has 1 saturated heterocycles. The van der Waals surface area contributed by atoms with E-state index in [0.29, 0.717) is 24.8 Å². The molecule has 108 valence electrons. The molecule has 4 atom stereocenters. The highest BCUT2D eigenvalue weighted by atomic mass is 16.4. The van der Waals surface area contributed by atoms with Crippen molar-refractivity contribution in [3.63, 3.8) is 0 Å². The van der Waals surface area contributed by atoms with Gasteiger partial charge in [-0.3, -0.25) is 4.79 Å². The third kappa shape index (κ3) is 2.76. The Morgan fingerprint density at radius 2 is 2.05 bits per heavy atom. The normalized spacial score (nSPS) is 31.6. The van der Waals surface area contributed by atoms with Gasteiger partial charge in [-0.05, 0) is 37.0 Å². The summed E-state index contributed by atoms with van der Waals surface area (Å²) in [5.74, 6) is -0.233. The Morgan fingerprint density at radius 1 is 1.37 bits per heavy atom. The number of nitrogens with two attached hydrogens (primary N) is 1. The maximum atomic E-state index is 12.4. The average Bonchev–Trinajstić information content (AvgIpc) is 2.84. The van der Waals surface area contributed by atoms with E-state index in [1.807, 2.05) is 13.8 Å². The Hall–Kier alpha value is -1.10. The molecule has 5 heteroatoms. The van der Waals surface area contributed by atoms with Gasteiger partial charge in [0.2, 0.25) is 5.91 Å². The van der Waals surface area contributed by atoms with Gasteiger partial charge in [-0.25, -0.2) is 4.79 Å². The monoisotopic (exact) mass is 268 g/mol. The summed E-state index contributed by atoms with van der Waals surface area (Å²) in [5, 5.41) is 9.41. The summed E-state index contributed by atoms with van der Waals surface area (Å²) in [6, 6.07) is -1.22. The van der Waals surface area contributed by atoms with E-state index in [-0.39, 0.29) is 11.8 Å². The zero-order valence-electron chi connectivity index (χ0n) is 11.7. The second kappa shape index (κ2) is 5.49. The number of rotatable bonds is 4. The first kappa shape index (κ1) is 14.3. The van der Waals surface area contributed by atoms with E-state index in [2.05, 4.69) is 0 Å². The van der Waals surface area contributed by atoms with Crippen molar-refractivity contribution < 1.29 is 14.7 Å². The molecule has 0 aromatic carbocycles. The van der Waals surface area contributed by atoms with Crippen LogP contribution in [-0.2, 0) is 9.59 Å². The molecule has 1 heterocycles. The van der Waals surface area contributed by atoms with Crippen LogP contribution in [0.25, 0.3) is 0 Å². The Bertz CT molecular complexity index is 370. The van der Waals surface area contributed by atoms with Crippen LogP contribution in [0.3, 0.4) is 0 Å². The number of likely N-dealkylation sites (tertiary alicyclic amines) is 1. The van der Waals surface area contributed by atoms with Gasteiger partial charge in [0.15, 0.2) is 0 Å². The number of hydrogen-bond donors (Lipinski definition) is 2. The number of fused-ring (bicyclic) bond motifs is 1. The zero-order valence-corrected chi connectivity index (χ0v) is 11.7. The summed E-state index contributed by atoms with van der Waals surface area (Å²) in [5.41, 5.74) is 5.93. The van der Waals surface area contributed by atoms with Gasteiger partial charge in [0.25, 0.3) is 0 Å². The van der Waals surface area contributed by atoms with Crippen molar-refractivity contribution in [3.05, 3.63) is 0 Å². The summed E-state index contributed by atoms with van der Waals surface area (Å²) in [4.78, 5) is 25.4. The summed E-state index contributed by atoms with van der Waals surface area (Å²) >= 11 is 0. The second-order valence-electron chi connectivity index (χ2n) is 6.36. The number of aliphatic carboxylic acids is 1.